The first-order valence-electron chi connectivity index (χ1n) is 10.0. The van der Waals surface area contributed by atoms with Crippen molar-refractivity contribution >= 4 is 15.9 Å². The highest BCUT2D eigenvalue weighted by Gasteiger charge is 2.30. The summed E-state index contributed by atoms with van der Waals surface area (Å²) in [6, 6.07) is 20.3. The van der Waals surface area contributed by atoms with Crippen LogP contribution in [0.5, 0.6) is 0 Å². The van der Waals surface area contributed by atoms with Crippen LogP contribution in [0.2, 0.25) is 0 Å². The van der Waals surface area contributed by atoms with Crippen molar-refractivity contribution in [1.82, 2.24) is 9.97 Å². The van der Waals surface area contributed by atoms with E-state index in [2.05, 4.69) is 14.7 Å². The summed E-state index contributed by atoms with van der Waals surface area (Å²) < 4.78 is 64.1. The van der Waals surface area contributed by atoms with Crippen molar-refractivity contribution in [3.63, 3.8) is 0 Å². The number of benzene rings is 2. The van der Waals surface area contributed by atoms with Gasteiger partial charge in [-0.2, -0.15) is 21.6 Å². The van der Waals surface area contributed by atoms with Crippen LogP contribution in [-0.2, 0) is 16.4 Å². The van der Waals surface area contributed by atoms with Crippen LogP contribution in [0, 0.1) is 6.92 Å². The summed E-state index contributed by atoms with van der Waals surface area (Å²) in [6.45, 7) is 1.84. The van der Waals surface area contributed by atoms with Gasteiger partial charge in [0.15, 0.2) is 0 Å². The molecule has 0 radical (unpaired) electrons. The molecule has 174 valence electrons. The number of nitrogens with two attached hydrogens (primary N) is 1. The van der Waals surface area contributed by atoms with Crippen LogP contribution in [0.1, 0.15) is 11.3 Å². The van der Waals surface area contributed by atoms with E-state index in [1.807, 2.05) is 19.1 Å². The predicted molar refractivity (Wildman–Crippen MR) is 125 cm³/mol. The topological polar surface area (TPSA) is 98.0 Å². The van der Waals surface area contributed by atoms with E-state index < -0.39 is 21.9 Å². The van der Waals surface area contributed by atoms with Gasteiger partial charge in [-0.05, 0) is 66.6 Å². The molecule has 2 aromatic carbocycles. The van der Waals surface area contributed by atoms with E-state index in [4.69, 9.17) is 5.14 Å². The fourth-order valence-corrected chi connectivity index (χ4v) is 3.88. The van der Waals surface area contributed by atoms with Crippen LogP contribution in [-0.4, -0.2) is 18.4 Å². The van der Waals surface area contributed by atoms with E-state index in [0.29, 0.717) is 33.8 Å². The molecule has 4 aromatic rings. The molecule has 0 fully saturated rings. The molecule has 0 saturated carbocycles. The number of pyridine rings is 2. The normalized spacial score (nSPS) is 11.9. The van der Waals surface area contributed by atoms with E-state index in [1.54, 1.807) is 36.4 Å². The van der Waals surface area contributed by atoms with E-state index in [0.717, 1.165) is 17.8 Å². The van der Waals surface area contributed by atoms with Crippen molar-refractivity contribution in [2.24, 2.45) is 5.14 Å². The van der Waals surface area contributed by atoms with Crippen LogP contribution in [0.15, 0.2) is 78.9 Å². The monoisotopic (exact) mass is 484 g/mol. The largest absolute Gasteiger partial charge is 0.416 e. The summed E-state index contributed by atoms with van der Waals surface area (Å²) in [5.41, 5.74) is 3.64. The molecule has 2 aromatic heterocycles. The number of alkyl halides is 3. The lowest BCUT2D eigenvalue weighted by atomic mass is 10.00. The zero-order valence-corrected chi connectivity index (χ0v) is 18.7. The number of rotatable bonds is 5. The molecule has 0 aliphatic rings. The number of anilines is 1. The Morgan fingerprint density at radius 1 is 0.765 bits per heavy atom. The highest BCUT2D eigenvalue weighted by Crippen LogP contribution is 2.34. The minimum Gasteiger partial charge on any atom is -0.271 e. The molecule has 6 nitrogen and oxygen atoms in total. The SMILES string of the molecule is Cc1cccc(-c2cc(-c3ccc(C(F)(F)F)cc3)cc(-c3cccc(NS(N)(=O)=O)c3)n2)n1. The van der Waals surface area contributed by atoms with Crippen molar-refractivity contribution in [1.29, 1.82) is 0 Å². The third-order valence-electron chi connectivity index (χ3n) is 4.94. The molecule has 0 aliphatic heterocycles. The van der Waals surface area contributed by atoms with E-state index >= 15 is 0 Å². The molecule has 0 atom stereocenters. The minimum absolute atomic E-state index is 0.247. The molecule has 0 amide bonds. The first-order valence-corrected chi connectivity index (χ1v) is 11.6. The van der Waals surface area contributed by atoms with Gasteiger partial charge in [0.25, 0.3) is 10.2 Å². The van der Waals surface area contributed by atoms with Crippen LogP contribution in [0.3, 0.4) is 0 Å². The summed E-state index contributed by atoms with van der Waals surface area (Å²) in [4.78, 5) is 9.19. The predicted octanol–water partition coefficient (Wildman–Crippen LogP) is 5.42. The molecule has 0 unspecified atom stereocenters. The molecular formula is C24H19F3N4O2S. The van der Waals surface area contributed by atoms with Crippen LogP contribution in [0.4, 0.5) is 18.9 Å². The van der Waals surface area contributed by atoms with Crippen molar-refractivity contribution in [2.45, 2.75) is 13.1 Å². The van der Waals surface area contributed by atoms with Gasteiger partial charge in [0.05, 0.1) is 28.3 Å². The van der Waals surface area contributed by atoms with E-state index in [9.17, 15) is 21.6 Å². The first-order chi connectivity index (χ1) is 16.0. The quantitative estimate of drug-likeness (QED) is 0.395. The van der Waals surface area contributed by atoms with Gasteiger partial charge in [-0.15, -0.1) is 0 Å². The van der Waals surface area contributed by atoms with Crippen LogP contribution < -0.4 is 9.86 Å². The lowest BCUT2D eigenvalue weighted by molar-refractivity contribution is -0.137. The van der Waals surface area contributed by atoms with E-state index in [1.165, 1.54) is 18.2 Å². The average molecular weight is 485 g/mol. The van der Waals surface area contributed by atoms with Gasteiger partial charge in [-0.25, -0.2) is 10.1 Å². The standard InChI is InChI=1S/C24H19F3N4O2S/c1-15-4-2-7-21(29-15)23-14-18(16-8-10-19(11-9-16)24(25,26)27)13-22(30-23)17-5-3-6-20(12-17)31-34(28,32)33/h2-14,31H,1H3,(H2,28,32,33). The maximum atomic E-state index is 13.0. The van der Waals surface area contributed by atoms with Gasteiger partial charge < -0.3 is 0 Å². The van der Waals surface area contributed by atoms with Gasteiger partial charge in [-0.3, -0.25) is 9.71 Å². The number of aromatic nitrogens is 2. The number of nitrogens with zero attached hydrogens (tertiary/aromatic N) is 2. The Kier molecular flexibility index (Phi) is 6.11. The lowest BCUT2D eigenvalue weighted by Gasteiger charge is -2.12. The Hall–Kier alpha value is -3.76. The Morgan fingerprint density at radius 3 is 2.09 bits per heavy atom. The number of nitrogens with one attached hydrogen (secondary N) is 1. The smallest absolute Gasteiger partial charge is 0.271 e. The zero-order chi connectivity index (χ0) is 24.5. The Morgan fingerprint density at radius 2 is 1.44 bits per heavy atom. The zero-order valence-electron chi connectivity index (χ0n) is 17.8. The Balaban J connectivity index is 1.86. The number of hydrogen-bond donors (Lipinski definition) is 2. The van der Waals surface area contributed by atoms with Crippen molar-refractivity contribution in [2.75, 3.05) is 4.72 Å². The molecule has 3 N–H and O–H groups in total. The van der Waals surface area contributed by atoms with Crippen molar-refractivity contribution < 1.29 is 21.6 Å². The fraction of sp³-hybridized carbons (Fsp3) is 0.0833. The maximum absolute atomic E-state index is 13.0. The highest BCUT2D eigenvalue weighted by molar-refractivity contribution is 7.90. The first kappa shape index (κ1) is 23.4. The Bertz CT molecular complexity index is 1450. The van der Waals surface area contributed by atoms with Crippen molar-refractivity contribution in [3.05, 3.63) is 90.1 Å². The van der Waals surface area contributed by atoms with Crippen molar-refractivity contribution in [3.8, 4) is 33.8 Å². The Labute approximate surface area is 194 Å². The second-order valence-corrected chi connectivity index (χ2v) is 8.89. The summed E-state index contributed by atoms with van der Waals surface area (Å²) >= 11 is 0. The van der Waals surface area contributed by atoms with Gasteiger partial charge >= 0.3 is 6.18 Å². The maximum Gasteiger partial charge on any atom is 0.416 e. The summed E-state index contributed by atoms with van der Waals surface area (Å²) in [6.07, 6.45) is -4.44. The molecule has 10 heteroatoms. The van der Waals surface area contributed by atoms with Gasteiger partial charge in [0.2, 0.25) is 0 Å². The lowest BCUT2D eigenvalue weighted by Crippen LogP contribution is -2.21. The van der Waals surface area contributed by atoms with Crippen LogP contribution in [0.25, 0.3) is 33.8 Å². The molecule has 0 bridgehead atoms. The molecular weight excluding hydrogens is 465 g/mol. The third-order valence-corrected chi connectivity index (χ3v) is 5.46. The molecule has 2 heterocycles. The highest BCUT2D eigenvalue weighted by atomic mass is 32.2. The average Bonchev–Trinajstić information content (AvgIpc) is 2.77. The number of aryl methyl sites for hydroxylation is 1. The summed E-state index contributed by atoms with van der Waals surface area (Å²) in [7, 11) is -3.97. The molecule has 0 saturated heterocycles. The third kappa shape index (κ3) is 5.59. The molecule has 0 spiro atoms. The second-order valence-electron chi connectivity index (χ2n) is 7.59. The number of hydrogen-bond acceptors (Lipinski definition) is 4. The van der Waals surface area contributed by atoms with Crippen LogP contribution >= 0.6 is 0 Å². The van der Waals surface area contributed by atoms with Gasteiger partial charge in [0, 0.05) is 11.3 Å². The number of halogens is 3. The second kappa shape index (κ2) is 8.88. The molecule has 0 aliphatic carbocycles. The summed E-state index contributed by atoms with van der Waals surface area (Å²) in [5, 5.41) is 5.07. The summed E-state index contributed by atoms with van der Waals surface area (Å²) in [5.74, 6) is 0. The molecule has 4 rings (SSSR count). The van der Waals surface area contributed by atoms with Gasteiger partial charge in [-0.1, -0.05) is 30.3 Å². The van der Waals surface area contributed by atoms with Gasteiger partial charge in [0.1, 0.15) is 0 Å². The molecule has 34 heavy (non-hydrogen) atoms. The fourth-order valence-electron chi connectivity index (χ4n) is 3.42. The van der Waals surface area contributed by atoms with E-state index in [-0.39, 0.29) is 5.69 Å². The minimum atomic E-state index is -4.44.